The number of anilines is 1. The first-order chi connectivity index (χ1) is 9.60. The average Bonchev–Trinajstić information content (AvgIpc) is 2.90. The molecule has 0 aliphatic heterocycles. The molecular weight excluding hydrogens is 260 g/mol. The van der Waals surface area contributed by atoms with Crippen LogP contribution in [0.3, 0.4) is 0 Å². The first-order valence-electron chi connectivity index (χ1n) is 6.15. The molecule has 0 fully saturated rings. The van der Waals surface area contributed by atoms with Gasteiger partial charge in [-0.05, 0) is 13.0 Å². The number of benzene rings is 1. The zero-order valence-corrected chi connectivity index (χ0v) is 11.3. The third kappa shape index (κ3) is 3.25. The molecule has 0 radical (unpaired) electrons. The lowest BCUT2D eigenvalue weighted by molar-refractivity contribution is -0.385. The van der Waals surface area contributed by atoms with E-state index in [1.807, 2.05) is 17.7 Å². The molecule has 1 aromatic heterocycles. The van der Waals surface area contributed by atoms with E-state index < -0.39 is 4.92 Å². The minimum atomic E-state index is -0.461. The Labute approximate surface area is 116 Å². The van der Waals surface area contributed by atoms with Gasteiger partial charge in [-0.2, -0.15) is 0 Å². The summed E-state index contributed by atoms with van der Waals surface area (Å²) in [5.41, 5.74) is 0.736. The second-order valence-electron chi connectivity index (χ2n) is 4.45. The summed E-state index contributed by atoms with van der Waals surface area (Å²) in [5, 5.41) is 14.1. The van der Waals surface area contributed by atoms with E-state index in [0.717, 1.165) is 12.2 Å². The van der Waals surface area contributed by atoms with Gasteiger partial charge in [0.15, 0.2) is 5.75 Å². The Morgan fingerprint density at radius 2 is 2.35 bits per heavy atom. The van der Waals surface area contributed by atoms with Crippen molar-refractivity contribution < 1.29 is 9.66 Å². The van der Waals surface area contributed by atoms with Crippen LogP contribution in [0.15, 0.2) is 36.9 Å². The van der Waals surface area contributed by atoms with Crippen LogP contribution >= 0.6 is 0 Å². The molecule has 1 N–H and O–H groups in total. The number of aromatic nitrogens is 2. The minimum absolute atomic E-state index is 0.0414. The van der Waals surface area contributed by atoms with Crippen molar-refractivity contribution in [3.63, 3.8) is 0 Å². The lowest BCUT2D eigenvalue weighted by atomic mass is 10.2. The highest BCUT2D eigenvalue weighted by Crippen LogP contribution is 2.29. The smallest absolute Gasteiger partial charge is 0.311 e. The molecule has 0 saturated carbocycles. The number of nitro groups is 1. The quantitative estimate of drug-likeness (QED) is 0.646. The molecule has 1 unspecified atom stereocenters. The van der Waals surface area contributed by atoms with E-state index in [0.29, 0.717) is 0 Å². The first-order valence-corrected chi connectivity index (χ1v) is 6.15. The van der Waals surface area contributed by atoms with Crippen molar-refractivity contribution in [1.82, 2.24) is 9.55 Å². The number of nitro benzene ring substituents is 1. The van der Waals surface area contributed by atoms with Crippen LogP contribution in [0, 0.1) is 10.1 Å². The van der Waals surface area contributed by atoms with Crippen molar-refractivity contribution in [2.75, 3.05) is 12.4 Å². The summed E-state index contributed by atoms with van der Waals surface area (Å²) in [6, 6.07) is 4.88. The summed E-state index contributed by atoms with van der Waals surface area (Å²) in [5.74, 6) is 0.245. The van der Waals surface area contributed by atoms with Crippen LogP contribution in [-0.4, -0.2) is 27.6 Å². The van der Waals surface area contributed by atoms with Crippen molar-refractivity contribution in [1.29, 1.82) is 0 Å². The van der Waals surface area contributed by atoms with Gasteiger partial charge in [-0.3, -0.25) is 10.1 Å². The normalized spacial score (nSPS) is 11.9. The van der Waals surface area contributed by atoms with E-state index in [4.69, 9.17) is 4.74 Å². The van der Waals surface area contributed by atoms with E-state index >= 15 is 0 Å². The number of hydrogen-bond donors (Lipinski definition) is 1. The maximum absolute atomic E-state index is 10.8. The van der Waals surface area contributed by atoms with Crippen LogP contribution in [0.1, 0.15) is 6.92 Å². The van der Waals surface area contributed by atoms with Gasteiger partial charge >= 0.3 is 5.69 Å². The van der Waals surface area contributed by atoms with Gasteiger partial charge in [0.1, 0.15) is 0 Å². The molecule has 1 aromatic carbocycles. The number of imidazole rings is 1. The standard InChI is InChI=1S/C13H16N4O3/c1-10(8-16-6-5-14-9-16)15-11-3-4-12(17(18)19)13(7-11)20-2/h3-7,9-10,15H,8H2,1-2H3. The fraction of sp³-hybridized carbons (Fsp3) is 0.308. The molecule has 1 atom stereocenters. The molecule has 0 amide bonds. The molecule has 1 heterocycles. The molecule has 7 heteroatoms. The van der Waals surface area contributed by atoms with Crippen LogP contribution in [0.4, 0.5) is 11.4 Å². The van der Waals surface area contributed by atoms with Gasteiger partial charge in [0.2, 0.25) is 0 Å². The predicted octanol–water partition coefficient (Wildman–Crippen LogP) is 2.30. The second-order valence-corrected chi connectivity index (χ2v) is 4.45. The minimum Gasteiger partial charge on any atom is -0.490 e. The zero-order valence-electron chi connectivity index (χ0n) is 11.3. The average molecular weight is 276 g/mol. The molecule has 2 rings (SSSR count). The second kappa shape index (κ2) is 6.05. The molecule has 0 aliphatic rings. The summed E-state index contributed by atoms with van der Waals surface area (Å²) in [6.45, 7) is 2.77. The third-order valence-corrected chi connectivity index (χ3v) is 2.83. The monoisotopic (exact) mass is 276 g/mol. The molecule has 0 spiro atoms. The van der Waals surface area contributed by atoms with Crippen molar-refractivity contribution in [3.05, 3.63) is 47.0 Å². The molecular formula is C13H16N4O3. The Kier molecular flexibility index (Phi) is 4.19. The van der Waals surface area contributed by atoms with Gasteiger partial charge in [0.05, 0.1) is 18.4 Å². The molecule has 0 aliphatic carbocycles. The van der Waals surface area contributed by atoms with Crippen molar-refractivity contribution in [2.24, 2.45) is 0 Å². The number of nitrogens with one attached hydrogen (secondary N) is 1. The lowest BCUT2D eigenvalue weighted by Crippen LogP contribution is -2.21. The first kappa shape index (κ1) is 13.9. The van der Waals surface area contributed by atoms with E-state index in [1.165, 1.54) is 13.2 Å². The molecule has 106 valence electrons. The lowest BCUT2D eigenvalue weighted by Gasteiger charge is -2.16. The Morgan fingerprint density at radius 3 is 2.95 bits per heavy atom. The zero-order chi connectivity index (χ0) is 14.5. The van der Waals surface area contributed by atoms with Crippen molar-refractivity contribution in [3.8, 4) is 5.75 Å². The van der Waals surface area contributed by atoms with Gasteiger partial charge in [0.25, 0.3) is 0 Å². The van der Waals surface area contributed by atoms with Crippen LogP contribution in [-0.2, 0) is 6.54 Å². The molecule has 20 heavy (non-hydrogen) atoms. The van der Waals surface area contributed by atoms with E-state index in [9.17, 15) is 10.1 Å². The number of methoxy groups -OCH3 is 1. The van der Waals surface area contributed by atoms with Gasteiger partial charge in [-0.25, -0.2) is 4.98 Å². The Morgan fingerprint density at radius 1 is 1.55 bits per heavy atom. The predicted molar refractivity (Wildman–Crippen MR) is 75.0 cm³/mol. The maximum atomic E-state index is 10.8. The molecule has 0 bridgehead atoms. The summed E-state index contributed by atoms with van der Waals surface area (Å²) in [6.07, 6.45) is 5.35. The van der Waals surface area contributed by atoms with Crippen LogP contribution in [0.25, 0.3) is 0 Å². The fourth-order valence-corrected chi connectivity index (χ4v) is 1.96. The van der Waals surface area contributed by atoms with Crippen molar-refractivity contribution >= 4 is 11.4 Å². The Hall–Kier alpha value is -2.57. The largest absolute Gasteiger partial charge is 0.490 e. The number of nitrogens with zero attached hydrogens (tertiary/aromatic N) is 3. The Balaban J connectivity index is 2.07. The summed E-state index contributed by atoms with van der Waals surface area (Å²) in [4.78, 5) is 14.3. The van der Waals surface area contributed by atoms with Crippen LogP contribution < -0.4 is 10.1 Å². The maximum Gasteiger partial charge on any atom is 0.311 e. The highest BCUT2D eigenvalue weighted by molar-refractivity contribution is 5.58. The number of ether oxygens (including phenoxy) is 1. The van der Waals surface area contributed by atoms with Gasteiger partial charge in [0, 0.05) is 42.8 Å². The molecule has 2 aromatic rings. The van der Waals surface area contributed by atoms with E-state index in [2.05, 4.69) is 10.3 Å². The number of rotatable bonds is 6. The van der Waals surface area contributed by atoms with Crippen LogP contribution in [0.5, 0.6) is 5.75 Å². The van der Waals surface area contributed by atoms with Gasteiger partial charge < -0.3 is 14.6 Å². The molecule has 0 saturated heterocycles. The summed E-state index contributed by atoms with van der Waals surface area (Å²) >= 11 is 0. The van der Waals surface area contributed by atoms with Gasteiger partial charge in [-0.1, -0.05) is 0 Å². The highest BCUT2D eigenvalue weighted by Gasteiger charge is 2.15. The van der Waals surface area contributed by atoms with Crippen LogP contribution in [0.2, 0.25) is 0 Å². The SMILES string of the molecule is COc1cc(NC(C)Cn2ccnc2)ccc1[N+](=O)[O-]. The highest BCUT2D eigenvalue weighted by atomic mass is 16.6. The fourth-order valence-electron chi connectivity index (χ4n) is 1.96. The molecule has 7 nitrogen and oxygen atoms in total. The number of hydrogen-bond acceptors (Lipinski definition) is 5. The summed E-state index contributed by atoms with van der Waals surface area (Å²) in [7, 11) is 1.42. The van der Waals surface area contributed by atoms with E-state index in [1.54, 1.807) is 24.7 Å². The van der Waals surface area contributed by atoms with Gasteiger partial charge in [-0.15, -0.1) is 0 Å². The topological polar surface area (TPSA) is 82.2 Å². The Bertz CT molecular complexity index is 583. The van der Waals surface area contributed by atoms with Crippen molar-refractivity contribution in [2.45, 2.75) is 19.5 Å². The van der Waals surface area contributed by atoms with E-state index in [-0.39, 0.29) is 17.5 Å². The summed E-state index contributed by atoms with van der Waals surface area (Å²) < 4.78 is 7.00. The third-order valence-electron chi connectivity index (χ3n) is 2.83.